The van der Waals surface area contributed by atoms with Gasteiger partial charge in [0.05, 0.1) is 5.75 Å². The lowest BCUT2D eigenvalue weighted by Crippen LogP contribution is -2.48. The summed E-state index contributed by atoms with van der Waals surface area (Å²) in [6.45, 7) is 9.12. The molecule has 1 N–H and O–H groups in total. The fourth-order valence-electron chi connectivity index (χ4n) is 3.23. The van der Waals surface area contributed by atoms with Crippen LogP contribution in [0.25, 0.3) is 0 Å². The van der Waals surface area contributed by atoms with Gasteiger partial charge in [-0.3, -0.25) is 9.59 Å². The molecule has 0 aliphatic carbocycles. The summed E-state index contributed by atoms with van der Waals surface area (Å²) in [5.74, 6) is 1.04. The molecule has 4 nitrogen and oxygen atoms in total. The van der Waals surface area contributed by atoms with Crippen molar-refractivity contribution < 1.29 is 9.59 Å². The Bertz CT molecular complexity index is 837. The first kappa shape index (κ1) is 24.0. The van der Waals surface area contributed by atoms with Crippen molar-refractivity contribution in [3.8, 4) is 0 Å². The zero-order chi connectivity index (χ0) is 21.9. The number of aryl methyl sites for hydroxylation is 2. The average Bonchev–Trinajstić information content (AvgIpc) is 2.73. The van der Waals surface area contributed by atoms with Crippen molar-refractivity contribution in [3.63, 3.8) is 0 Å². The SMILES string of the molecule is CCCCNC(=O)C(C)N(Cc1cccc(C)c1)C(=O)CSCc1ccccc1C. The molecule has 0 aromatic heterocycles. The van der Waals surface area contributed by atoms with Gasteiger partial charge >= 0.3 is 0 Å². The summed E-state index contributed by atoms with van der Waals surface area (Å²) >= 11 is 1.60. The number of unbranched alkanes of at least 4 members (excludes halogenated alkanes) is 1. The fourth-order valence-corrected chi connectivity index (χ4v) is 4.22. The summed E-state index contributed by atoms with van der Waals surface area (Å²) in [5, 5.41) is 2.97. The van der Waals surface area contributed by atoms with Gasteiger partial charge in [-0.05, 0) is 43.9 Å². The van der Waals surface area contributed by atoms with Gasteiger partial charge in [0.15, 0.2) is 0 Å². The van der Waals surface area contributed by atoms with Gasteiger partial charge in [-0.2, -0.15) is 0 Å². The van der Waals surface area contributed by atoms with Gasteiger partial charge in [0.1, 0.15) is 6.04 Å². The Labute approximate surface area is 185 Å². The molecule has 0 saturated carbocycles. The number of nitrogens with zero attached hydrogens (tertiary/aromatic N) is 1. The van der Waals surface area contributed by atoms with Crippen LogP contribution in [0.4, 0.5) is 0 Å². The smallest absolute Gasteiger partial charge is 0.242 e. The predicted octanol–water partition coefficient (Wildman–Crippen LogP) is 4.87. The molecule has 0 aliphatic heterocycles. The van der Waals surface area contributed by atoms with Crippen LogP contribution >= 0.6 is 11.8 Å². The van der Waals surface area contributed by atoms with Crippen LogP contribution in [0.3, 0.4) is 0 Å². The Morgan fingerprint density at radius 2 is 1.87 bits per heavy atom. The van der Waals surface area contributed by atoms with E-state index in [4.69, 9.17) is 0 Å². The maximum absolute atomic E-state index is 13.1. The molecule has 1 atom stereocenters. The second-order valence-corrected chi connectivity index (χ2v) is 8.74. The number of amides is 2. The van der Waals surface area contributed by atoms with E-state index in [2.05, 4.69) is 37.4 Å². The highest BCUT2D eigenvalue weighted by Crippen LogP contribution is 2.18. The largest absolute Gasteiger partial charge is 0.354 e. The van der Waals surface area contributed by atoms with E-state index < -0.39 is 6.04 Å². The molecule has 0 saturated heterocycles. The molecule has 2 aromatic carbocycles. The third kappa shape index (κ3) is 7.52. The van der Waals surface area contributed by atoms with Gasteiger partial charge in [0.25, 0.3) is 0 Å². The van der Waals surface area contributed by atoms with E-state index >= 15 is 0 Å². The van der Waals surface area contributed by atoms with Gasteiger partial charge in [0, 0.05) is 18.8 Å². The van der Waals surface area contributed by atoms with Crippen molar-refractivity contribution in [1.29, 1.82) is 0 Å². The molecule has 30 heavy (non-hydrogen) atoms. The molecule has 0 fully saturated rings. The maximum Gasteiger partial charge on any atom is 0.242 e. The fraction of sp³-hybridized carbons (Fsp3) is 0.440. The lowest BCUT2D eigenvalue weighted by atomic mass is 10.1. The molecule has 5 heteroatoms. The Morgan fingerprint density at radius 3 is 2.57 bits per heavy atom. The van der Waals surface area contributed by atoms with E-state index in [9.17, 15) is 9.59 Å². The Kier molecular flexibility index (Phi) is 9.95. The first-order chi connectivity index (χ1) is 14.4. The van der Waals surface area contributed by atoms with Gasteiger partial charge in [-0.25, -0.2) is 0 Å². The van der Waals surface area contributed by atoms with Crippen LogP contribution in [-0.4, -0.2) is 35.1 Å². The number of benzene rings is 2. The number of hydrogen-bond donors (Lipinski definition) is 1. The van der Waals surface area contributed by atoms with Crippen LogP contribution in [-0.2, 0) is 21.9 Å². The van der Waals surface area contributed by atoms with E-state index in [-0.39, 0.29) is 11.8 Å². The monoisotopic (exact) mass is 426 g/mol. The topological polar surface area (TPSA) is 49.4 Å². The summed E-state index contributed by atoms with van der Waals surface area (Å²) in [4.78, 5) is 27.5. The second kappa shape index (κ2) is 12.4. The van der Waals surface area contributed by atoms with Crippen molar-refractivity contribution >= 4 is 23.6 Å². The first-order valence-electron chi connectivity index (χ1n) is 10.7. The van der Waals surface area contributed by atoms with Crippen molar-refractivity contribution in [3.05, 3.63) is 70.8 Å². The Balaban J connectivity index is 2.05. The average molecular weight is 427 g/mol. The molecule has 1 unspecified atom stereocenters. The van der Waals surface area contributed by atoms with E-state index in [0.29, 0.717) is 18.8 Å². The third-order valence-electron chi connectivity index (χ3n) is 5.18. The zero-order valence-electron chi connectivity index (χ0n) is 18.6. The van der Waals surface area contributed by atoms with E-state index in [1.807, 2.05) is 44.2 Å². The third-order valence-corrected chi connectivity index (χ3v) is 6.14. The predicted molar refractivity (Wildman–Crippen MR) is 126 cm³/mol. The Morgan fingerprint density at radius 1 is 1.10 bits per heavy atom. The molecule has 162 valence electrons. The van der Waals surface area contributed by atoms with Crippen LogP contribution in [0.1, 0.15) is 48.9 Å². The summed E-state index contributed by atoms with van der Waals surface area (Å²) < 4.78 is 0. The minimum absolute atomic E-state index is 0.00627. The second-order valence-electron chi connectivity index (χ2n) is 7.75. The molecule has 0 heterocycles. The Hall–Kier alpha value is -2.27. The first-order valence-corrected chi connectivity index (χ1v) is 11.8. The number of thioether (sulfide) groups is 1. The number of nitrogens with one attached hydrogen (secondary N) is 1. The number of carbonyl (C=O) groups is 2. The van der Waals surface area contributed by atoms with Crippen molar-refractivity contribution in [1.82, 2.24) is 10.2 Å². The summed E-state index contributed by atoms with van der Waals surface area (Å²) in [6.07, 6.45) is 1.96. The lowest BCUT2D eigenvalue weighted by molar-refractivity contribution is -0.138. The van der Waals surface area contributed by atoms with Crippen molar-refractivity contribution in [2.75, 3.05) is 12.3 Å². The molecule has 0 spiro atoms. The highest BCUT2D eigenvalue weighted by molar-refractivity contribution is 7.99. The summed E-state index contributed by atoms with van der Waals surface area (Å²) in [5.41, 5.74) is 4.66. The minimum Gasteiger partial charge on any atom is -0.354 e. The van der Waals surface area contributed by atoms with Crippen LogP contribution < -0.4 is 5.32 Å². The van der Waals surface area contributed by atoms with E-state index in [1.54, 1.807) is 16.7 Å². The van der Waals surface area contributed by atoms with Gasteiger partial charge in [-0.1, -0.05) is 67.4 Å². The molecule has 0 bridgehead atoms. The number of hydrogen-bond acceptors (Lipinski definition) is 3. The zero-order valence-corrected chi connectivity index (χ0v) is 19.4. The van der Waals surface area contributed by atoms with Crippen LogP contribution in [0.2, 0.25) is 0 Å². The molecule has 2 rings (SSSR count). The standard InChI is InChI=1S/C25H34N2O2S/c1-5-6-14-26-25(29)21(4)27(16-22-12-9-10-19(2)15-22)24(28)18-30-17-23-13-8-7-11-20(23)3/h7-13,15,21H,5-6,14,16-18H2,1-4H3,(H,26,29). The number of rotatable bonds is 11. The normalized spacial score (nSPS) is 11.7. The molecule has 2 aromatic rings. The molecular formula is C25H34N2O2S. The molecule has 0 radical (unpaired) electrons. The van der Waals surface area contributed by atoms with Crippen molar-refractivity contribution in [2.45, 2.75) is 58.9 Å². The lowest BCUT2D eigenvalue weighted by Gasteiger charge is -2.29. The molecule has 0 aliphatic rings. The van der Waals surface area contributed by atoms with Gasteiger partial charge in [-0.15, -0.1) is 11.8 Å². The molecule has 2 amide bonds. The minimum atomic E-state index is -0.506. The van der Waals surface area contributed by atoms with Crippen LogP contribution in [0, 0.1) is 13.8 Å². The van der Waals surface area contributed by atoms with Gasteiger partial charge < -0.3 is 10.2 Å². The maximum atomic E-state index is 13.1. The molecular weight excluding hydrogens is 392 g/mol. The van der Waals surface area contributed by atoms with Gasteiger partial charge in [0.2, 0.25) is 11.8 Å². The van der Waals surface area contributed by atoms with E-state index in [0.717, 1.165) is 29.7 Å². The van der Waals surface area contributed by atoms with Crippen LogP contribution in [0.15, 0.2) is 48.5 Å². The van der Waals surface area contributed by atoms with Crippen LogP contribution in [0.5, 0.6) is 0 Å². The summed E-state index contributed by atoms with van der Waals surface area (Å²) in [7, 11) is 0. The highest BCUT2D eigenvalue weighted by atomic mass is 32.2. The van der Waals surface area contributed by atoms with Crippen molar-refractivity contribution in [2.24, 2.45) is 0 Å². The van der Waals surface area contributed by atoms with E-state index in [1.165, 1.54) is 11.1 Å². The summed E-state index contributed by atoms with van der Waals surface area (Å²) in [6, 6.07) is 15.8. The highest BCUT2D eigenvalue weighted by Gasteiger charge is 2.25. The number of carbonyl (C=O) groups excluding carboxylic acids is 2. The quantitative estimate of drug-likeness (QED) is 0.522.